The van der Waals surface area contributed by atoms with Crippen LogP contribution in [0.3, 0.4) is 0 Å². The first-order chi connectivity index (χ1) is 7.16. The predicted molar refractivity (Wildman–Crippen MR) is 60.4 cm³/mol. The topological polar surface area (TPSA) is 20.2 Å². The zero-order chi connectivity index (χ0) is 11.3. The van der Waals surface area contributed by atoms with Crippen LogP contribution < -0.4 is 0 Å². The summed E-state index contributed by atoms with van der Waals surface area (Å²) < 4.78 is 13.1. The summed E-state index contributed by atoms with van der Waals surface area (Å²) in [7, 11) is 0. The number of aliphatic hydroxyl groups is 1. The van der Waals surface area contributed by atoms with Gasteiger partial charge in [0.1, 0.15) is 5.82 Å². The smallest absolute Gasteiger partial charge is 0.142 e. The molecule has 1 rings (SSSR count). The third-order valence-corrected chi connectivity index (χ3v) is 2.63. The average Bonchev–Trinajstić information content (AvgIpc) is 2.22. The van der Waals surface area contributed by atoms with Gasteiger partial charge in [-0.25, -0.2) is 4.39 Å². The number of halogens is 2. The van der Waals surface area contributed by atoms with Crippen LogP contribution in [0.1, 0.15) is 30.9 Å². The Hall–Kier alpha value is -0.860. The van der Waals surface area contributed by atoms with Crippen molar-refractivity contribution in [3.8, 4) is 0 Å². The van der Waals surface area contributed by atoms with Crippen LogP contribution in [0.5, 0.6) is 0 Å². The van der Waals surface area contributed by atoms with E-state index in [-0.39, 0.29) is 5.02 Å². The molecule has 0 saturated carbocycles. The van der Waals surface area contributed by atoms with Crippen LogP contribution in [0.4, 0.5) is 4.39 Å². The molecule has 0 amide bonds. The van der Waals surface area contributed by atoms with E-state index >= 15 is 0 Å². The Morgan fingerprint density at radius 2 is 2.27 bits per heavy atom. The molecule has 0 aliphatic carbocycles. The van der Waals surface area contributed by atoms with Gasteiger partial charge in [-0.15, -0.1) is 6.58 Å². The van der Waals surface area contributed by atoms with E-state index < -0.39 is 11.9 Å². The summed E-state index contributed by atoms with van der Waals surface area (Å²) in [5.41, 5.74) is 0.459. The van der Waals surface area contributed by atoms with Gasteiger partial charge >= 0.3 is 0 Å². The molecule has 1 atom stereocenters. The first kappa shape index (κ1) is 12.2. The largest absolute Gasteiger partial charge is 0.388 e. The molecule has 1 N–H and O–H groups in total. The molecule has 0 aliphatic heterocycles. The highest BCUT2D eigenvalue weighted by atomic mass is 35.5. The minimum Gasteiger partial charge on any atom is -0.388 e. The third-order valence-electron chi connectivity index (χ3n) is 2.23. The Labute approximate surface area is 94.2 Å². The average molecular weight is 229 g/mol. The summed E-state index contributed by atoms with van der Waals surface area (Å²) in [5, 5.41) is 9.78. The molecule has 1 aromatic carbocycles. The minimum absolute atomic E-state index is 0.0172. The molecule has 0 radical (unpaired) electrons. The molecule has 1 aromatic rings. The lowest BCUT2D eigenvalue weighted by molar-refractivity contribution is 0.164. The van der Waals surface area contributed by atoms with Crippen molar-refractivity contribution in [1.82, 2.24) is 0 Å². The molecule has 0 aliphatic rings. The van der Waals surface area contributed by atoms with Crippen molar-refractivity contribution in [2.45, 2.75) is 25.4 Å². The Morgan fingerprint density at radius 3 is 2.93 bits per heavy atom. The van der Waals surface area contributed by atoms with Gasteiger partial charge in [-0.1, -0.05) is 29.8 Å². The van der Waals surface area contributed by atoms with Gasteiger partial charge < -0.3 is 5.11 Å². The second-order valence-corrected chi connectivity index (χ2v) is 3.76. The maximum atomic E-state index is 13.1. The van der Waals surface area contributed by atoms with Crippen molar-refractivity contribution in [3.63, 3.8) is 0 Å². The Morgan fingerprint density at radius 1 is 1.53 bits per heavy atom. The number of rotatable bonds is 5. The fourth-order valence-electron chi connectivity index (χ4n) is 1.39. The SMILES string of the molecule is C=CCCCC(O)c1cccc(F)c1Cl. The van der Waals surface area contributed by atoms with Crippen molar-refractivity contribution < 1.29 is 9.50 Å². The highest BCUT2D eigenvalue weighted by Gasteiger charge is 2.13. The van der Waals surface area contributed by atoms with E-state index in [9.17, 15) is 9.50 Å². The van der Waals surface area contributed by atoms with Gasteiger partial charge in [0.25, 0.3) is 0 Å². The van der Waals surface area contributed by atoms with Crippen LogP contribution in [0.15, 0.2) is 30.9 Å². The van der Waals surface area contributed by atoms with Crippen LogP contribution in [0.25, 0.3) is 0 Å². The van der Waals surface area contributed by atoms with Crippen molar-refractivity contribution >= 4 is 11.6 Å². The molecular formula is C12H14ClFO. The molecule has 0 bridgehead atoms. The summed E-state index contributed by atoms with van der Waals surface area (Å²) in [6.07, 6.45) is 3.31. The maximum Gasteiger partial charge on any atom is 0.142 e. The van der Waals surface area contributed by atoms with Crippen molar-refractivity contribution in [3.05, 3.63) is 47.3 Å². The molecule has 0 spiro atoms. The van der Waals surface area contributed by atoms with Crippen LogP contribution in [-0.4, -0.2) is 5.11 Å². The lowest BCUT2D eigenvalue weighted by Gasteiger charge is -2.12. The Balaban J connectivity index is 2.68. The molecule has 1 unspecified atom stereocenters. The van der Waals surface area contributed by atoms with Gasteiger partial charge in [0, 0.05) is 5.56 Å². The molecule has 3 heteroatoms. The van der Waals surface area contributed by atoms with Crippen molar-refractivity contribution in [2.24, 2.45) is 0 Å². The quantitative estimate of drug-likeness (QED) is 0.599. The molecule has 0 fully saturated rings. The second-order valence-electron chi connectivity index (χ2n) is 3.38. The van der Waals surface area contributed by atoms with E-state index in [0.717, 1.165) is 12.8 Å². The van der Waals surface area contributed by atoms with Crippen LogP contribution >= 0.6 is 11.6 Å². The van der Waals surface area contributed by atoms with Gasteiger partial charge in [-0.2, -0.15) is 0 Å². The van der Waals surface area contributed by atoms with Gasteiger partial charge in [0.2, 0.25) is 0 Å². The maximum absolute atomic E-state index is 13.1. The Bertz CT molecular complexity index is 338. The standard InChI is InChI=1S/C12H14ClFO/c1-2-3-4-8-11(15)9-6-5-7-10(14)12(9)13/h2,5-7,11,15H,1,3-4,8H2. The first-order valence-electron chi connectivity index (χ1n) is 4.89. The summed E-state index contributed by atoms with van der Waals surface area (Å²) in [5.74, 6) is -0.489. The number of unbranched alkanes of at least 4 members (excludes halogenated alkanes) is 1. The lowest BCUT2D eigenvalue weighted by Crippen LogP contribution is -1.99. The van der Waals surface area contributed by atoms with E-state index in [2.05, 4.69) is 6.58 Å². The molecule has 0 aromatic heterocycles. The molecule has 15 heavy (non-hydrogen) atoms. The lowest BCUT2D eigenvalue weighted by atomic mass is 10.0. The van der Waals surface area contributed by atoms with Crippen LogP contribution in [0, 0.1) is 5.82 Å². The monoisotopic (exact) mass is 228 g/mol. The number of hydrogen-bond acceptors (Lipinski definition) is 1. The second kappa shape index (κ2) is 5.89. The summed E-state index contributed by atoms with van der Waals surface area (Å²) in [6, 6.07) is 4.47. The van der Waals surface area contributed by atoms with Gasteiger partial charge in [0.05, 0.1) is 11.1 Å². The number of aliphatic hydroxyl groups excluding tert-OH is 1. The number of benzene rings is 1. The van der Waals surface area contributed by atoms with Crippen LogP contribution in [-0.2, 0) is 0 Å². The predicted octanol–water partition coefficient (Wildman–Crippen LogP) is 3.87. The van der Waals surface area contributed by atoms with Gasteiger partial charge in [-0.05, 0) is 25.3 Å². The summed E-state index contributed by atoms with van der Waals surface area (Å²) in [6.45, 7) is 3.59. The first-order valence-corrected chi connectivity index (χ1v) is 5.27. The zero-order valence-corrected chi connectivity index (χ0v) is 9.17. The summed E-state index contributed by atoms with van der Waals surface area (Å²) >= 11 is 5.75. The number of hydrogen-bond donors (Lipinski definition) is 1. The van der Waals surface area contributed by atoms with Crippen molar-refractivity contribution in [2.75, 3.05) is 0 Å². The minimum atomic E-state index is -0.701. The van der Waals surface area contributed by atoms with E-state index in [1.165, 1.54) is 6.07 Å². The zero-order valence-electron chi connectivity index (χ0n) is 8.42. The van der Waals surface area contributed by atoms with Crippen LogP contribution in [0.2, 0.25) is 5.02 Å². The summed E-state index contributed by atoms with van der Waals surface area (Å²) in [4.78, 5) is 0. The van der Waals surface area contributed by atoms with Gasteiger partial charge in [0.15, 0.2) is 0 Å². The fraction of sp³-hybridized carbons (Fsp3) is 0.333. The molecular weight excluding hydrogens is 215 g/mol. The highest BCUT2D eigenvalue weighted by molar-refractivity contribution is 6.31. The number of allylic oxidation sites excluding steroid dienone is 1. The van der Waals surface area contributed by atoms with E-state index in [1.54, 1.807) is 18.2 Å². The highest BCUT2D eigenvalue weighted by Crippen LogP contribution is 2.28. The molecule has 82 valence electrons. The van der Waals surface area contributed by atoms with Gasteiger partial charge in [-0.3, -0.25) is 0 Å². The van der Waals surface area contributed by atoms with E-state index in [0.29, 0.717) is 12.0 Å². The Kier molecular flexibility index (Phi) is 4.79. The molecule has 0 heterocycles. The normalized spacial score (nSPS) is 12.5. The third kappa shape index (κ3) is 3.33. The van der Waals surface area contributed by atoms with E-state index in [4.69, 9.17) is 11.6 Å². The fourth-order valence-corrected chi connectivity index (χ4v) is 1.64. The molecule has 1 nitrogen and oxygen atoms in total. The van der Waals surface area contributed by atoms with E-state index in [1.807, 2.05) is 0 Å². The molecule has 0 saturated heterocycles. The van der Waals surface area contributed by atoms with Crippen molar-refractivity contribution in [1.29, 1.82) is 0 Å².